The lowest BCUT2D eigenvalue weighted by Crippen LogP contribution is -2.27. The Balaban J connectivity index is 0.00000200. The van der Waals surface area contributed by atoms with Crippen molar-refractivity contribution in [2.24, 2.45) is 0 Å². The second-order valence-corrected chi connectivity index (χ2v) is 5.05. The Morgan fingerprint density at radius 3 is 2.80 bits per heavy atom. The number of hydrogen-bond acceptors (Lipinski definition) is 4. The highest BCUT2D eigenvalue weighted by atomic mass is 127. The number of hydrogen-bond donors (Lipinski definition) is 2. The molecule has 20 heavy (non-hydrogen) atoms. The SMILES string of the molecule is CC(C(=O)NCc1cccc(CO)n1)c1ccsc1.I. The van der Waals surface area contributed by atoms with Crippen molar-refractivity contribution >= 4 is 41.2 Å². The number of carbonyl (C=O) groups excluding carboxylic acids is 1. The summed E-state index contributed by atoms with van der Waals surface area (Å²) in [6, 6.07) is 7.36. The third kappa shape index (κ3) is 4.53. The van der Waals surface area contributed by atoms with Crippen LogP contribution in [0.5, 0.6) is 0 Å². The molecule has 0 spiro atoms. The third-order valence-electron chi connectivity index (χ3n) is 2.91. The average Bonchev–Trinajstić information content (AvgIpc) is 2.98. The van der Waals surface area contributed by atoms with Crippen LogP contribution in [0.1, 0.15) is 29.8 Å². The second kappa shape index (κ2) is 8.33. The van der Waals surface area contributed by atoms with Gasteiger partial charge >= 0.3 is 0 Å². The summed E-state index contributed by atoms with van der Waals surface area (Å²) in [4.78, 5) is 16.2. The van der Waals surface area contributed by atoms with Gasteiger partial charge < -0.3 is 10.4 Å². The van der Waals surface area contributed by atoms with Crippen molar-refractivity contribution in [1.29, 1.82) is 0 Å². The van der Waals surface area contributed by atoms with Crippen LogP contribution in [-0.4, -0.2) is 16.0 Å². The number of amides is 1. The van der Waals surface area contributed by atoms with E-state index in [-0.39, 0.29) is 42.4 Å². The fourth-order valence-electron chi connectivity index (χ4n) is 1.72. The molecular formula is C14H17IN2O2S. The molecule has 0 radical (unpaired) electrons. The minimum atomic E-state index is -0.160. The molecule has 0 fully saturated rings. The molecule has 108 valence electrons. The van der Waals surface area contributed by atoms with E-state index >= 15 is 0 Å². The molecule has 2 rings (SSSR count). The third-order valence-corrected chi connectivity index (χ3v) is 3.61. The minimum Gasteiger partial charge on any atom is -0.390 e. The molecule has 0 aliphatic heterocycles. The lowest BCUT2D eigenvalue weighted by atomic mass is 10.0. The minimum absolute atomic E-state index is 0. The van der Waals surface area contributed by atoms with Gasteiger partial charge in [-0.15, -0.1) is 24.0 Å². The van der Waals surface area contributed by atoms with Crippen molar-refractivity contribution in [3.63, 3.8) is 0 Å². The van der Waals surface area contributed by atoms with Gasteiger partial charge in [-0.25, -0.2) is 0 Å². The van der Waals surface area contributed by atoms with E-state index < -0.39 is 0 Å². The Bertz CT molecular complexity index is 546. The van der Waals surface area contributed by atoms with E-state index in [0.29, 0.717) is 12.2 Å². The summed E-state index contributed by atoms with van der Waals surface area (Å²) < 4.78 is 0. The molecule has 0 bridgehead atoms. The molecule has 6 heteroatoms. The van der Waals surface area contributed by atoms with E-state index in [2.05, 4.69) is 10.3 Å². The highest BCUT2D eigenvalue weighted by Gasteiger charge is 2.15. The summed E-state index contributed by atoms with van der Waals surface area (Å²) in [7, 11) is 0. The van der Waals surface area contributed by atoms with Crippen molar-refractivity contribution in [1.82, 2.24) is 10.3 Å². The summed E-state index contributed by atoms with van der Waals surface area (Å²) >= 11 is 1.58. The molecule has 0 aromatic carbocycles. The molecule has 2 heterocycles. The molecular weight excluding hydrogens is 387 g/mol. The van der Waals surface area contributed by atoms with Crippen molar-refractivity contribution < 1.29 is 9.90 Å². The molecule has 0 aliphatic carbocycles. The molecule has 1 atom stereocenters. The summed E-state index contributed by atoms with van der Waals surface area (Å²) in [5.41, 5.74) is 2.38. The number of nitrogens with one attached hydrogen (secondary N) is 1. The van der Waals surface area contributed by atoms with Gasteiger partial charge in [0.1, 0.15) is 0 Å². The highest BCUT2D eigenvalue weighted by molar-refractivity contribution is 14.0. The molecule has 2 aromatic heterocycles. The maximum Gasteiger partial charge on any atom is 0.227 e. The van der Waals surface area contributed by atoms with Crippen LogP contribution in [0.4, 0.5) is 0 Å². The highest BCUT2D eigenvalue weighted by Crippen LogP contribution is 2.18. The van der Waals surface area contributed by atoms with Gasteiger partial charge in [0.25, 0.3) is 0 Å². The number of carbonyl (C=O) groups is 1. The molecule has 2 N–H and O–H groups in total. The van der Waals surface area contributed by atoms with Gasteiger partial charge in [0, 0.05) is 0 Å². The van der Waals surface area contributed by atoms with Crippen LogP contribution < -0.4 is 5.32 Å². The number of pyridine rings is 1. The van der Waals surface area contributed by atoms with Crippen molar-refractivity contribution in [2.45, 2.75) is 26.0 Å². The molecule has 0 saturated heterocycles. The Labute approximate surface area is 139 Å². The van der Waals surface area contributed by atoms with Crippen LogP contribution in [0.15, 0.2) is 35.0 Å². The van der Waals surface area contributed by atoms with E-state index in [9.17, 15) is 4.79 Å². The quantitative estimate of drug-likeness (QED) is 0.754. The fourth-order valence-corrected chi connectivity index (χ4v) is 2.47. The zero-order valence-electron chi connectivity index (χ0n) is 11.1. The maximum absolute atomic E-state index is 12.0. The standard InChI is InChI=1S/C14H16N2O2S.HI/c1-10(11-5-6-19-9-11)14(18)15-7-12-3-2-4-13(8-17)16-12;/h2-6,9-10,17H,7-8H2,1H3,(H,15,18);1H. The van der Waals surface area contributed by atoms with Crippen LogP contribution >= 0.6 is 35.3 Å². The van der Waals surface area contributed by atoms with Crippen LogP contribution in [0.2, 0.25) is 0 Å². The van der Waals surface area contributed by atoms with E-state index in [1.165, 1.54) is 0 Å². The summed E-state index contributed by atoms with van der Waals surface area (Å²) in [6.45, 7) is 2.17. The first-order valence-corrected chi connectivity index (χ1v) is 7.00. The summed E-state index contributed by atoms with van der Waals surface area (Å²) in [6.07, 6.45) is 0. The van der Waals surface area contributed by atoms with Crippen molar-refractivity contribution in [3.8, 4) is 0 Å². The zero-order chi connectivity index (χ0) is 13.7. The first-order chi connectivity index (χ1) is 9.20. The van der Waals surface area contributed by atoms with Gasteiger partial charge in [-0.1, -0.05) is 6.07 Å². The number of aliphatic hydroxyl groups excluding tert-OH is 1. The number of rotatable bonds is 5. The van der Waals surface area contributed by atoms with Crippen LogP contribution in [-0.2, 0) is 17.9 Å². The molecule has 2 aromatic rings. The number of halogens is 1. The Kier molecular flexibility index (Phi) is 7.11. The molecule has 1 amide bonds. The van der Waals surface area contributed by atoms with Crippen LogP contribution in [0.25, 0.3) is 0 Å². The van der Waals surface area contributed by atoms with Crippen LogP contribution in [0, 0.1) is 0 Å². The first kappa shape index (κ1) is 17.1. The predicted octanol–water partition coefficient (Wildman–Crippen LogP) is 2.67. The molecule has 4 nitrogen and oxygen atoms in total. The van der Waals surface area contributed by atoms with Gasteiger partial charge in [-0.2, -0.15) is 11.3 Å². The Morgan fingerprint density at radius 2 is 2.15 bits per heavy atom. The number of nitrogens with zero attached hydrogens (tertiary/aromatic N) is 1. The molecule has 0 aliphatic rings. The van der Waals surface area contributed by atoms with E-state index in [4.69, 9.17) is 5.11 Å². The Morgan fingerprint density at radius 1 is 1.40 bits per heavy atom. The monoisotopic (exact) mass is 404 g/mol. The molecule has 1 unspecified atom stereocenters. The number of aliphatic hydroxyl groups is 1. The molecule has 0 saturated carbocycles. The van der Waals surface area contributed by atoms with Gasteiger partial charge in [0.05, 0.1) is 30.5 Å². The van der Waals surface area contributed by atoms with E-state index in [1.807, 2.05) is 35.9 Å². The largest absolute Gasteiger partial charge is 0.390 e. The van der Waals surface area contributed by atoms with Crippen LogP contribution in [0.3, 0.4) is 0 Å². The average molecular weight is 404 g/mol. The fraction of sp³-hybridized carbons (Fsp3) is 0.286. The topological polar surface area (TPSA) is 62.2 Å². The second-order valence-electron chi connectivity index (χ2n) is 4.27. The van der Waals surface area contributed by atoms with Gasteiger partial charge in [0.2, 0.25) is 5.91 Å². The van der Waals surface area contributed by atoms with Gasteiger partial charge in [-0.05, 0) is 41.4 Å². The van der Waals surface area contributed by atoms with Gasteiger partial charge in [-0.3, -0.25) is 9.78 Å². The predicted molar refractivity (Wildman–Crippen MR) is 90.2 cm³/mol. The Hall–Kier alpha value is -0.990. The van der Waals surface area contributed by atoms with Crippen molar-refractivity contribution in [3.05, 3.63) is 52.0 Å². The zero-order valence-corrected chi connectivity index (χ0v) is 14.2. The van der Waals surface area contributed by atoms with E-state index in [1.54, 1.807) is 17.4 Å². The van der Waals surface area contributed by atoms with Gasteiger partial charge in [0.15, 0.2) is 0 Å². The van der Waals surface area contributed by atoms with Crippen molar-refractivity contribution in [2.75, 3.05) is 0 Å². The number of thiophene rings is 1. The maximum atomic E-state index is 12.0. The normalized spacial score (nSPS) is 11.5. The van der Waals surface area contributed by atoms with E-state index in [0.717, 1.165) is 11.3 Å². The number of aromatic nitrogens is 1. The smallest absolute Gasteiger partial charge is 0.227 e. The lowest BCUT2D eigenvalue weighted by Gasteiger charge is -2.11. The first-order valence-electron chi connectivity index (χ1n) is 6.06. The summed E-state index contributed by atoms with van der Waals surface area (Å²) in [5.74, 6) is -0.179. The lowest BCUT2D eigenvalue weighted by molar-refractivity contribution is -0.122. The summed E-state index contributed by atoms with van der Waals surface area (Å²) in [5, 5.41) is 15.8.